The second-order valence-electron chi connectivity index (χ2n) is 7.92. The van der Waals surface area contributed by atoms with Crippen molar-refractivity contribution in [2.75, 3.05) is 19.6 Å². The number of piperidine rings is 1. The van der Waals surface area contributed by atoms with Crippen LogP contribution < -0.4 is 10.7 Å². The third-order valence-electron chi connectivity index (χ3n) is 5.61. The minimum Gasteiger partial charge on any atom is -0.350 e. The van der Waals surface area contributed by atoms with Gasteiger partial charge in [0.15, 0.2) is 5.69 Å². The van der Waals surface area contributed by atoms with Gasteiger partial charge >= 0.3 is 6.18 Å². The summed E-state index contributed by atoms with van der Waals surface area (Å²) in [5.74, 6) is -0.685. The number of carbonyl (C=O) groups is 1. The van der Waals surface area contributed by atoms with E-state index < -0.39 is 28.8 Å². The van der Waals surface area contributed by atoms with E-state index in [0.717, 1.165) is 29.9 Å². The minimum absolute atomic E-state index is 0.206. The van der Waals surface area contributed by atoms with E-state index in [-0.39, 0.29) is 11.4 Å². The van der Waals surface area contributed by atoms with Crippen LogP contribution in [0.5, 0.6) is 0 Å². The van der Waals surface area contributed by atoms with E-state index in [9.17, 15) is 22.8 Å². The molecule has 9 heteroatoms. The van der Waals surface area contributed by atoms with E-state index in [0.29, 0.717) is 19.0 Å². The van der Waals surface area contributed by atoms with E-state index in [2.05, 4.69) is 22.2 Å². The molecule has 1 saturated heterocycles. The molecule has 0 radical (unpaired) electrons. The van der Waals surface area contributed by atoms with Crippen LogP contribution >= 0.6 is 0 Å². The molecule has 1 aromatic carbocycles. The Morgan fingerprint density at radius 2 is 2.00 bits per heavy atom. The maximum absolute atomic E-state index is 13.4. The molecule has 3 rings (SSSR count). The van der Waals surface area contributed by atoms with Gasteiger partial charge in [0.1, 0.15) is 0 Å². The molecule has 0 bridgehead atoms. The van der Waals surface area contributed by atoms with Gasteiger partial charge < -0.3 is 10.2 Å². The molecule has 2 heterocycles. The van der Waals surface area contributed by atoms with Crippen LogP contribution in [-0.4, -0.2) is 46.3 Å². The number of likely N-dealkylation sites (tertiary alicyclic amines) is 1. The van der Waals surface area contributed by atoms with Crippen LogP contribution in [0.15, 0.2) is 35.1 Å². The van der Waals surface area contributed by atoms with Crippen LogP contribution in [0.1, 0.15) is 54.4 Å². The first kappa shape index (κ1) is 23.0. The molecule has 31 heavy (non-hydrogen) atoms. The summed E-state index contributed by atoms with van der Waals surface area (Å²) in [7, 11) is 0. The summed E-state index contributed by atoms with van der Waals surface area (Å²) in [6, 6.07) is 6.57. The zero-order valence-corrected chi connectivity index (χ0v) is 17.7. The maximum Gasteiger partial charge on any atom is 0.418 e. The van der Waals surface area contributed by atoms with Gasteiger partial charge in [-0.1, -0.05) is 18.6 Å². The van der Waals surface area contributed by atoms with E-state index in [1.54, 1.807) is 0 Å². The first-order valence-corrected chi connectivity index (χ1v) is 10.5. The number of aryl methyl sites for hydroxylation is 1. The topological polar surface area (TPSA) is 67.2 Å². The van der Waals surface area contributed by atoms with Crippen LogP contribution in [0.3, 0.4) is 0 Å². The number of alkyl halides is 3. The highest BCUT2D eigenvalue weighted by molar-refractivity contribution is 5.92. The Bertz CT molecular complexity index is 987. The molecule has 0 spiro atoms. The first-order chi connectivity index (χ1) is 14.7. The number of halogens is 3. The highest BCUT2D eigenvalue weighted by atomic mass is 19.4. The predicted octanol–water partition coefficient (Wildman–Crippen LogP) is 3.55. The Balaban J connectivity index is 1.74. The van der Waals surface area contributed by atoms with Crippen molar-refractivity contribution in [3.8, 4) is 5.69 Å². The Morgan fingerprint density at radius 1 is 1.26 bits per heavy atom. The molecule has 1 atom stereocenters. The number of benzene rings is 1. The molecule has 1 N–H and O–H groups in total. The normalized spacial score (nSPS) is 17.5. The Morgan fingerprint density at radius 3 is 2.71 bits per heavy atom. The van der Waals surface area contributed by atoms with E-state index in [4.69, 9.17) is 0 Å². The summed E-state index contributed by atoms with van der Waals surface area (Å²) in [6.45, 7) is 5.90. The SMILES string of the molecule is Cc1cc(=O)c(C(=O)NCCCN2CCCCC2C)nn1-c1ccccc1C(F)(F)F. The zero-order chi connectivity index (χ0) is 22.6. The molecule has 6 nitrogen and oxygen atoms in total. The number of nitrogens with one attached hydrogen (secondary N) is 1. The molecule has 1 aromatic heterocycles. The van der Waals surface area contributed by atoms with E-state index >= 15 is 0 Å². The van der Waals surface area contributed by atoms with Crippen molar-refractivity contribution in [1.29, 1.82) is 0 Å². The van der Waals surface area contributed by atoms with Gasteiger partial charge in [0, 0.05) is 30.9 Å². The van der Waals surface area contributed by atoms with Crippen molar-refractivity contribution < 1.29 is 18.0 Å². The summed E-state index contributed by atoms with van der Waals surface area (Å²) in [5, 5.41) is 6.65. The lowest BCUT2D eigenvalue weighted by Gasteiger charge is -2.33. The smallest absolute Gasteiger partial charge is 0.350 e. The predicted molar refractivity (Wildman–Crippen MR) is 111 cm³/mol. The van der Waals surface area contributed by atoms with Gasteiger partial charge in [0.25, 0.3) is 5.91 Å². The second-order valence-corrected chi connectivity index (χ2v) is 7.92. The number of rotatable bonds is 6. The number of hydrogen-bond acceptors (Lipinski definition) is 4. The van der Waals surface area contributed by atoms with Crippen LogP contribution in [0, 0.1) is 6.92 Å². The Kier molecular flexibility index (Phi) is 7.15. The van der Waals surface area contributed by atoms with Crippen molar-refractivity contribution in [3.05, 3.63) is 57.5 Å². The fourth-order valence-corrected chi connectivity index (χ4v) is 3.90. The van der Waals surface area contributed by atoms with Crippen molar-refractivity contribution in [3.63, 3.8) is 0 Å². The fraction of sp³-hybridized carbons (Fsp3) is 0.500. The quantitative estimate of drug-likeness (QED) is 0.704. The molecule has 0 aliphatic carbocycles. The highest BCUT2D eigenvalue weighted by Crippen LogP contribution is 2.33. The van der Waals surface area contributed by atoms with Gasteiger partial charge in [-0.3, -0.25) is 9.59 Å². The molecule has 1 fully saturated rings. The number of aromatic nitrogens is 2. The van der Waals surface area contributed by atoms with Crippen LogP contribution in [0.25, 0.3) is 5.69 Å². The summed E-state index contributed by atoms with van der Waals surface area (Å²) < 4.78 is 41.2. The number of nitrogens with zero attached hydrogens (tertiary/aromatic N) is 3. The third-order valence-corrected chi connectivity index (χ3v) is 5.61. The Labute approximate surface area is 179 Å². The van der Waals surface area contributed by atoms with Crippen molar-refractivity contribution in [1.82, 2.24) is 20.0 Å². The van der Waals surface area contributed by atoms with Crippen LogP contribution in [0.2, 0.25) is 0 Å². The molecule has 1 aliphatic rings. The largest absolute Gasteiger partial charge is 0.418 e. The van der Waals surface area contributed by atoms with Gasteiger partial charge in [-0.15, -0.1) is 0 Å². The summed E-state index contributed by atoms with van der Waals surface area (Å²) in [4.78, 5) is 27.2. The van der Waals surface area contributed by atoms with Crippen LogP contribution in [0.4, 0.5) is 13.2 Å². The van der Waals surface area contributed by atoms with Crippen molar-refractivity contribution in [2.45, 2.75) is 51.7 Å². The average molecular weight is 436 g/mol. The lowest BCUT2D eigenvalue weighted by molar-refractivity contribution is -0.137. The number of carbonyl (C=O) groups excluding carboxylic acids is 1. The number of amides is 1. The lowest BCUT2D eigenvalue weighted by atomic mass is 10.0. The molecular weight excluding hydrogens is 409 g/mol. The van der Waals surface area contributed by atoms with Gasteiger partial charge in [-0.05, 0) is 51.8 Å². The average Bonchev–Trinajstić information content (AvgIpc) is 2.72. The van der Waals surface area contributed by atoms with Crippen molar-refractivity contribution >= 4 is 5.91 Å². The number of para-hydroxylation sites is 1. The van der Waals surface area contributed by atoms with E-state index in [1.807, 2.05) is 0 Å². The first-order valence-electron chi connectivity index (χ1n) is 10.5. The van der Waals surface area contributed by atoms with E-state index in [1.165, 1.54) is 44.4 Å². The molecule has 1 amide bonds. The maximum atomic E-state index is 13.4. The van der Waals surface area contributed by atoms with Crippen molar-refractivity contribution in [2.24, 2.45) is 0 Å². The van der Waals surface area contributed by atoms with Gasteiger partial charge in [0.2, 0.25) is 5.43 Å². The molecule has 2 aromatic rings. The molecule has 0 saturated carbocycles. The van der Waals surface area contributed by atoms with Gasteiger partial charge in [-0.2, -0.15) is 18.3 Å². The standard InChI is InChI=1S/C22H27F3N4O2/c1-15-8-5-6-12-28(15)13-7-11-26-21(31)20-19(30)14-16(2)29(27-20)18-10-4-3-9-17(18)22(23,24)25/h3-4,9-10,14-15H,5-8,11-13H2,1-2H3,(H,26,31). The zero-order valence-electron chi connectivity index (χ0n) is 17.7. The summed E-state index contributed by atoms with van der Waals surface area (Å²) in [5.41, 5.74) is -1.97. The van der Waals surface area contributed by atoms with Gasteiger partial charge in [0.05, 0.1) is 11.3 Å². The molecule has 1 unspecified atom stereocenters. The summed E-state index contributed by atoms with van der Waals surface area (Å²) in [6.07, 6.45) is -0.312. The third kappa shape index (κ3) is 5.52. The highest BCUT2D eigenvalue weighted by Gasteiger charge is 2.34. The molecule has 168 valence electrons. The van der Waals surface area contributed by atoms with Crippen LogP contribution in [-0.2, 0) is 6.18 Å². The fourth-order valence-electron chi connectivity index (χ4n) is 3.90. The second kappa shape index (κ2) is 9.64. The number of hydrogen-bond donors (Lipinski definition) is 1. The summed E-state index contributed by atoms with van der Waals surface area (Å²) >= 11 is 0. The molecular formula is C22H27F3N4O2. The van der Waals surface area contributed by atoms with Gasteiger partial charge in [-0.25, -0.2) is 4.68 Å². The monoisotopic (exact) mass is 436 g/mol. The minimum atomic E-state index is -4.60. The Hall–Kier alpha value is -2.68. The molecule has 1 aliphatic heterocycles. The lowest BCUT2D eigenvalue weighted by Crippen LogP contribution is -2.39.